The van der Waals surface area contributed by atoms with Gasteiger partial charge in [-0.3, -0.25) is 4.68 Å². The molecule has 0 spiro atoms. The van der Waals surface area contributed by atoms with Crippen molar-refractivity contribution in [3.05, 3.63) is 35.9 Å². The van der Waals surface area contributed by atoms with Crippen LogP contribution in [0.4, 0.5) is 0 Å². The van der Waals surface area contributed by atoms with E-state index in [2.05, 4.69) is 10.1 Å². The van der Waals surface area contributed by atoms with Gasteiger partial charge in [-0.05, 0) is 18.2 Å². The maximum atomic E-state index is 5.65. The van der Waals surface area contributed by atoms with Crippen LogP contribution in [0.15, 0.2) is 28.7 Å². The van der Waals surface area contributed by atoms with Crippen molar-refractivity contribution >= 4 is 11.1 Å². The van der Waals surface area contributed by atoms with Gasteiger partial charge in [-0.2, -0.15) is 5.10 Å². The van der Waals surface area contributed by atoms with Crippen LogP contribution >= 0.6 is 0 Å². The summed E-state index contributed by atoms with van der Waals surface area (Å²) in [5.41, 5.74) is 10.2. The van der Waals surface area contributed by atoms with E-state index >= 15 is 0 Å². The molecule has 0 bridgehead atoms. The summed E-state index contributed by atoms with van der Waals surface area (Å²) in [6, 6.07) is 7.88. The highest BCUT2D eigenvalue weighted by Gasteiger charge is 2.09. The fraction of sp³-hybridized carbons (Fsp3) is 0.231. The molecule has 0 amide bonds. The number of hydrogen-bond donors (Lipinski definition) is 1. The predicted octanol–water partition coefficient (Wildman–Crippen LogP) is 2.00. The van der Waals surface area contributed by atoms with Crippen LogP contribution in [-0.4, -0.2) is 14.8 Å². The fourth-order valence-electron chi connectivity index (χ4n) is 2.04. The molecule has 0 unspecified atom stereocenters. The average molecular weight is 242 g/mol. The van der Waals surface area contributed by atoms with E-state index in [0.717, 1.165) is 28.1 Å². The lowest BCUT2D eigenvalue weighted by molar-refractivity contribution is 0.561. The summed E-state index contributed by atoms with van der Waals surface area (Å²) in [5.74, 6) is 0.672. The van der Waals surface area contributed by atoms with Crippen molar-refractivity contribution in [3.8, 4) is 11.3 Å². The smallest absolute Gasteiger partial charge is 0.192 e. The monoisotopic (exact) mass is 242 g/mol. The number of fused-ring (bicyclic) bond motifs is 1. The van der Waals surface area contributed by atoms with Gasteiger partial charge in [0.25, 0.3) is 0 Å². The van der Waals surface area contributed by atoms with Gasteiger partial charge < -0.3 is 10.2 Å². The lowest BCUT2D eigenvalue weighted by Crippen LogP contribution is -2.03. The third-order valence-electron chi connectivity index (χ3n) is 2.98. The quantitative estimate of drug-likeness (QED) is 0.746. The largest absolute Gasteiger partial charge is 0.441 e. The highest BCUT2D eigenvalue weighted by Crippen LogP contribution is 2.24. The second-order valence-corrected chi connectivity index (χ2v) is 4.26. The van der Waals surface area contributed by atoms with Crippen LogP contribution in [0, 0.1) is 6.92 Å². The Labute approximate surface area is 104 Å². The van der Waals surface area contributed by atoms with Crippen molar-refractivity contribution < 1.29 is 4.42 Å². The van der Waals surface area contributed by atoms with Crippen LogP contribution < -0.4 is 5.73 Å². The van der Waals surface area contributed by atoms with Crippen molar-refractivity contribution in [2.45, 2.75) is 13.5 Å². The van der Waals surface area contributed by atoms with E-state index in [1.54, 1.807) is 4.68 Å². The van der Waals surface area contributed by atoms with Crippen molar-refractivity contribution in [1.82, 2.24) is 14.8 Å². The normalized spacial score (nSPS) is 11.3. The molecule has 3 aromatic rings. The van der Waals surface area contributed by atoms with Gasteiger partial charge in [0.15, 0.2) is 11.5 Å². The van der Waals surface area contributed by atoms with E-state index in [0.29, 0.717) is 12.4 Å². The van der Waals surface area contributed by atoms with Crippen LogP contribution in [0.5, 0.6) is 0 Å². The van der Waals surface area contributed by atoms with Crippen LogP contribution in [-0.2, 0) is 13.6 Å². The highest BCUT2D eigenvalue weighted by atomic mass is 16.3. The first-order valence-electron chi connectivity index (χ1n) is 5.78. The second-order valence-electron chi connectivity index (χ2n) is 4.26. The maximum absolute atomic E-state index is 5.65. The van der Waals surface area contributed by atoms with E-state index in [1.807, 2.05) is 38.2 Å². The Hall–Kier alpha value is -2.14. The number of nitrogens with zero attached hydrogens (tertiary/aromatic N) is 3. The molecule has 5 heteroatoms. The van der Waals surface area contributed by atoms with E-state index < -0.39 is 0 Å². The zero-order chi connectivity index (χ0) is 12.7. The first kappa shape index (κ1) is 11.0. The lowest BCUT2D eigenvalue weighted by atomic mass is 10.1. The molecule has 0 atom stereocenters. The van der Waals surface area contributed by atoms with Crippen molar-refractivity contribution in [3.63, 3.8) is 0 Å². The Bertz CT molecular complexity index is 711. The van der Waals surface area contributed by atoms with Gasteiger partial charge in [0, 0.05) is 26.1 Å². The minimum Gasteiger partial charge on any atom is -0.441 e. The molecule has 2 heterocycles. The minimum absolute atomic E-state index is 0.479. The Balaban J connectivity index is 2.12. The van der Waals surface area contributed by atoms with Crippen molar-refractivity contribution in [2.75, 3.05) is 0 Å². The van der Waals surface area contributed by atoms with Gasteiger partial charge in [-0.25, -0.2) is 4.98 Å². The van der Waals surface area contributed by atoms with Crippen LogP contribution in [0.3, 0.4) is 0 Å². The Morgan fingerprint density at radius 3 is 2.89 bits per heavy atom. The molecular formula is C13H14N4O. The number of benzene rings is 1. The second kappa shape index (κ2) is 3.96. The summed E-state index contributed by atoms with van der Waals surface area (Å²) >= 11 is 0. The molecule has 0 aliphatic rings. The van der Waals surface area contributed by atoms with E-state index in [1.165, 1.54) is 0 Å². The summed E-state index contributed by atoms with van der Waals surface area (Å²) in [5, 5.41) is 4.44. The number of nitrogens with two attached hydrogens (primary N) is 1. The standard InChI is InChI=1S/C13H14N4O/c1-8-15-11-4-3-9(5-13(11)18-8)12-6-10(7-14)17(2)16-12/h3-6H,7,14H2,1-2H3. The summed E-state index contributed by atoms with van der Waals surface area (Å²) in [6.45, 7) is 2.32. The summed E-state index contributed by atoms with van der Waals surface area (Å²) in [7, 11) is 1.89. The number of rotatable bonds is 2. The number of hydrogen-bond acceptors (Lipinski definition) is 4. The number of oxazole rings is 1. The van der Waals surface area contributed by atoms with Gasteiger partial charge in [0.1, 0.15) is 5.52 Å². The highest BCUT2D eigenvalue weighted by molar-refractivity contribution is 5.79. The van der Waals surface area contributed by atoms with Gasteiger partial charge in [0.05, 0.1) is 11.4 Å². The Morgan fingerprint density at radius 2 is 2.17 bits per heavy atom. The SMILES string of the molecule is Cc1nc2ccc(-c3cc(CN)n(C)n3)cc2o1. The van der Waals surface area contributed by atoms with Crippen LogP contribution in [0.25, 0.3) is 22.4 Å². The zero-order valence-corrected chi connectivity index (χ0v) is 10.3. The molecule has 5 nitrogen and oxygen atoms in total. The minimum atomic E-state index is 0.479. The van der Waals surface area contributed by atoms with Gasteiger partial charge in [-0.1, -0.05) is 6.07 Å². The van der Waals surface area contributed by atoms with Crippen LogP contribution in [0.1, 0.15) is 11.6 Å². The Morgan fingerprint density at radius 1 is 1.33 bits per heavy atom. The lowest BCUT2D eigenvalue weighted by Gasteiger charge is -1.95. The summed E-state index contributed by atoms with van der Waals surface area (Å²) < 4.78 is 7.32. The first-order valence-corrected chi connectivity index (χ1v) is 5.78. The predicted molar refractivity (Wildman–Crippen MR) is 68.8 cm³/mol. The molecule has 1 aromatic carbocycles. The average Bonchev–Trinajstić information content (AvgIpc) is 2.89. The molecule has 3 rings (SSSR count). The van der Waals surface area contributed by atoms with Crippen molar-refractivity contribution in [1.29, 1.82) is 0 Å². The molecule has 0 radical (unpaired) electrons. The molecule has 0 saturated carbocycles. The van der Waals surface area contributed by atoms with E-state index in [9.17, 15) is 0 Å². The number of aromatic nitrogens is 3. The molecular weight excluding hydrogens is 228 g/mol. The third-order valence-corrected chi connectivity index (χ3v) is 2.98. The van der Waals surface area contributed by atoms with Gasteiger partial charge >= 0.3 is 0 Å². The fourth-order valence-corrected chi connectivity index (χ4v) is 2.04. The topological polar surface area (TPSA) is 69.9 Å². The van der Waals surface area contributed by atoms with Gasteiger partial charge in [-0.15, -0.1) is 0 Å². The molecule has 0 aliphatic carbocycles. The molecule has 2 N–H and O–H groups in total. The zero-order valence-electron chi connectivity index (χ0n) is 10.3. The van der Waals surface area contributed by atoms with Crippen LogP contribution in [0.2, 0.25) is 0 Å². The molecule has 0 aliphatic heterocycles. The van der Waals surface area contributed by atoms with Crippen molar-refractivity contribution in [2.24, 2.45) is 12.8 Å². The molecule has 0 saturated heterocycles. The molecule has 18 heavy (non-hydrogen) atoms. The van der Waals surface area contributed by atoms with E-state index in [4.69, 9.17) is 10.2 Å². The molecule has 0 fully saturated rings. The summed E-state index contributed by atoms with van der Waals surface area (Å²) in [6.07, 6.45) is 0. The number of aryl methyl sites for hydroxylation is 2. The Kier molecular flexibility index (Phi) is 2.41. The molecule has 2 aromatic heterocycles. The van der Waals surface area contributed by atoms with E-state index in [-0.39, 0.29) is 0 Å². The maximum Gasteiger partial charge on any atom is 0.192 e. The first-order chi connectivity index (χ1) is 8.67. The van der Waals surface area contributed by atoms with Gasteiger partial charge in [0.2, 0.25) is 0 Å². The molecule has 92 valence electrons. The summed E-state index contributed by atoms with van der Waals surface area (Å²) in [4.78, 5) is 4.27. The third kappa shape index (κ3) is 1.69.